The summed E-state index contributed by atoms with van der Waals surface area (Å²) in [6.07, 6.45) is 15.2. The van der Waals surface area contributed by atoms with Gasteiger partial charge in [-0.05, 0) is 62.3 Å². The summed E-state index contributed by atoms with van der Waals surface area (Å²) in [5, 5.41) is 10.9. The number of aromatic nitrogens is 2. The Kier molecular flexibility index (Phi) is 13.3. The van der Waals surface area contributed by atoms with E-state index in [2.05, 4.69) is 21.8 Å². The molecule has 1 aliphatic carbocycles. The largest absolute Gasteiger partial charge is 0.385 e. The Hall–Kier alpha value is -2.35. The average Bonchev–Trinajstić information content (AvgIpc) is 3.39. The number of unbranched alkanes of at least 4 members (excludes halogenated alkanes) is 5. The third kappa shape index (κ3) is 9.96. The van der Waals surface area contributed by atoms with Gasteiger partial charge in [0.15, 0.2) is 5.78 Å². The molecule has 1 saturated carbocycles. The van der Waals surface area contributed by atoms with Crippen LogP contribution in [0.15, 0.2) is 36.7 Å². The fourth-order valence-corrected chi connectivity index (χ4v) is 5.59. The van der Waals surface area contributed by atoms with Crippen molar-refractivity contribution in [3.63, 3.8) is 0 Å². The number of methoxy groups -OCH3 is 1. The van der Waals surface area contributed by atoms with Crippen molar-refractivity contribution in [1.82, 2.24) is 9.97 Å². The fraction of sp³-hybridized carbons (Fsp3) is 0.656. The highest BCUT2D eigenvalue weighted by molar-refractivity contribution is 5.96. The van der Waals surface area contributed by atoms with Crippen LogP contribution < -0.4 is 4.90 Å². The maximum Gasteiger partial charge on any atom is 0.225 e. The van der Waals surface area contributed by atoms with Gasteiger partial charge in [-0.15, -0.1) is 0 Å². The van der Waals surface area contributed by atoms with E-state index in [0.717, 1.165) is 80.6 Å². The van der Waals surface area contributed by atoms with E-state index in [1.54, 1.807) is 19.5 Å². The normalized spacial score (nSPS) is 15.4. The number of benzene rings is 1. The molecule has 0 spiro atoms. The van der Waals surface area contributed by atoms with Crippen LogP contribution in [0.1, 0.15) is 105 Å². The van der Waals surface area contributed by atoms with Crippen molar-refractivity contribution in [3.8, 4) is 0 Å². The first-order valence-corrected chi connectivity index (χ1v) is 15.0. The number of anilines is 1. The molecule has 1 heterocycles. The number of ketones is 1. The second kappa shape index (κ2) is 16.7. The third-order valence-corrected chi connectivity index (χ3v) is 7.78. The van der Waals surface area contributed by atoms with Gasteiger partial charge in [0.1, 0.15) is 0 Å². The number of hydrogen-bond acceptors (Lipinski definition) is 7. The Bertz CT molecular complexity index is 979. The van der Waals surface area contributed by atoms with Gasteiger partial charge in [0.05, 0.1) is 18.3 Å². The van der Waals surface area contributed by atoms with Crippen LogP contribution in [0.2, 0.25) is 0 Å². The smallest absolute Gasteiger partial charge is 0.225 e. The average molecular weight is 540 g/mol. The molecule has 1 atom stereocenters. The summed E-state index contributed by atoms with van der Waals surface area (Å²) in [5.74, 6) is 0.903. The van der Waals surface area contributed by atoms with Crippen molar-refractivity contribution in [3.05, 3.63) is 53.3 Å². The zero-order valence-corrected chi connectivity index (χ0v) is 24.4. The van der Waals surface area contributed by atoms with Crippen LogP contribution in [0, 0.1) is 6.92 Å². The monoisotopic (exact) mass is 539 g/mol. The van der Waals surface area contributed by atoms with Gasteiger partial charge < -0.3 is 19.5 Å². The summed E-state index contributed by atoms with van der Waals surface area (Å²) in [6, 6.07) is 7.65. The molecule has 0 aliphatic heterocycles. The van der Waals surface area contributed by atoms with Crippen LogP contribution in [-0.4, -0.2) is 60.4 Å². The van der Waals surface area contributed by atoms with Gasteiger partial charge >= 0.3 is 0 Å². The molecular weight excluding hydrogens is 490 g/mol. The number of rotatable bonds is 19. The lowest BCUT2D eigenvalue weighted by atomic mass is 9.87. The highest BCUT2D eigenvalue weighted by Gasteiger charge is 2.34. The topological polar surface area (TPSA) is 84.8 Å². The molecule has 7 heteroatoms. The lowest BCUT2D eigenvalue weighted by Crippen LogP contribution is -2.38. The van der Waals surface area contributed by atoms with E-state index in [9.17, 15) is 9.90 Å². The minimum absolute atomic E-state index is 0.0669. The second-order valence-corrected chi connectivity index (χ2v) is 11.0. The van der Waals surface area contributed by atoms with Gasteiger partial charge in [-0.3, -0.25) is 4.79 Å². The van der Waals surface area contributed by atoms with E-state index in [1.165, 1.54) is 19.3 Å². The minimum atomic E-state index is -0.716. The summed E-state index contributed by atoms with van der Waals surface area (Å²) >= 11 is 0. The highest BCUT2D eigenvalue weighted by Crippen LogP contribution is 2.40. The Morgan fingerprint density at radius 1 is 1.08 bits per heavy atom. The molecule has 1 unspecified atom stereocenters. The summed E-state index contributed by atoms with van der Waals surface area (Å²) in [5.41, 5.74) is 2.03. The molecular formula is C32H49N3O4. The zero-order valence-electron chi connectivity index (χ0n) is 24.4. The van der Waals surface area contributed by atoms with Crippen LogP contribution in [0.25, 0.3) is 0 Å². The van der Waals surface area contributed by atoms with Crippen molar-refractivity contribution < 1.29 is 19.4 Å². The van der Waals surface area contributed by atoms with Gasteiger partial charge in [-0.2, -0.15) is 0 Å². The fourth-order valence-electron chi connectivity index (χ4n) is 5.59. The molecule has 0 radical (unpaired) electrons. The Morgan fingerprint density at radius 3 is 2.51 bits per heavy atom. The lowest BCUT2D eigenvalue weighted by molar-refractivity contribution is 0.000915. The zero-order chi connectivity index (χ0) is 27.9. The molecule has 0 bridgehead atoms. The Balaban J connectivity index is 1.41. The first-order chi connectivity index (χ1) is 19.0. The van der Waals surface area contributed by atoms with Crippen LogP contribution in [-0.2, 0) is 15.1 Å². The third-order valence-electron chi connectivity index (χ3n) is 7.78. The maximum absolute atomic E-state index is 12.8. The molecule has 1 fully saturated rings. The van der Waals surface area contributed by atoms with Crippen molar-refractivity contribution in [1.29, 1.82) is 0 Å². The van der Waals surface area contributed by atoms with Gasteiger partial charge in [-0.1, -0.05) is 57.6 Å². The molecule has 216 valence electrons. The predicted molar refractivity (Wildman–Crippen MR) is 156 cm³/mol. The predicted octanol–water partition coefficient (Wildman–Crippen LogP) is 6.41. The maximum atomic E-state index is 12.8. The number of carbonyl (C=O) groups excluding carboxylic acids is 1. The van der Waals surface area contributed by atoms with E-state index >= 15 is 0 Å². The lowest BCUT2D eigenvalue weighted by Gasteiger charge is -2.27. The van der Waals surface area contributed by atoms with Gasteiger partial charge in [0.2, 0.25) is 5.95 Å². The molecule has 7 nitrogen and oxygen atoms in total. The van der Waals surface area contributed by atoms with Gasteiger partial charge in [0.25, 0.3) is 0 Å². The van der Waals surface area contributed by atoms with Gasteiger partial charge in [0, 0.05) is 51.2 Å². The minimum Gasteiger partial charge on any atom is -0.385 e. The molecule has 1 aliphatic rings. The standard InChI is InChI=1S/C32H49N3O4/c1-4-5-6-11-21-35(31-33-19-13-20-34-31)24-28(25-38-3)39-22-12-7-8-14-30(36)27-15-16-29(26(2)23-27)32(37)17-9-10-18-32/h13,15-16,19-20,23,28,37H,4-12,14,17-18,21-22,24-25H2,1-3H3. The summed E-state index contributed by atoms with van der Waals surface area (Å²) in [6.45, 7) is 6.96. The van der Waals surface area contributed by atoms with Crippen LogP contribution in [0.5, 0.6) is 0 Å². The Morgan fingerprint density at radius 2 is 1.82 bits per heavy atom. The summed E-state index contributed by atoms with van der Waals surface area (Å²) in [4.78, 5) is 23.9. The number of hydrogen-bond donors (Lipinski definition) is 1. The number of ether oxygens (including phenoxy) is 2. The van der Waals surface area contributed by atoms with E-state index in [4.69, 9.17) is 9.47 Å². The van der Waals surface area contributed by atoms with E-state index in [1.807, 2.05) is 31.2 Å². The number of aliphatic hydroxyl groups is 1. The molecule has 0 amide bonds. The van der Waals surface area contributed by atoms with E-state index < -0.39 is 5.60 Å². The molecule has 3 rings (SSSR count). The number of nitrogens with zero attached hydrogens (tertiary/aromatic N) is 3. The quantitative estimate of drug-likeness (QED) is 0.163. The summed E-state index contributed by atoms with van der Waals surface area (Å²) < 4.78 is 11.7. The Labute approximate surface area is 235 Å². The van der Waals surface area contributed by atoms with Crippen LogP contribution in [0.4, 0.5) is 5.95 Å². The van der Waals surface area contributed by atoms with Crippen LogP contribution >= 0.6 is 0 Å². The van der Waals surface area contributed by atoms with Crippen molar-refractivity contribution in [2.24, 2.45) is 0 Å². The molecule has 0 saturated heterocycles. The van der Waals surface area contributed by atoms with Crippen molar-refractivity contribution >= 4 is 11.7 Å². The van der Waals surface area contributed by atoms with Crippen molar-refractivity contribution in [2.45, 2.75) is 103 Å². The SMILES string of the molecule is CCCCCCN(CC(COC)OCCCCCC(=O)c1ccc(C2(O)CCCC2)c(C)c1)c1ncccn1. The first kappa shape index (κ1) is 31.2. The van der Waals surface area contributed by atoms with E-state index in [-0.39, 0.29) is 11.9 Å². The van der Waals surface area contributed by atoms with Crippen molar-refractivity contribution in [2.75, 3.05) is 38.3 Å². The number of aryl methyl sites for hydroxylation is 1. The summed E-state index contributed by atoms with van der Waals surface area (Å²) in [7, 11) is 1.70. The molecule has 1 N–H and O–H groups in total. The molecule has 39 heavy (non-hydrogen) atoms. The van der Waals surface area contributed by atoms with Gasteiger partial charge in [-0.25, -0.2) is 9.97 Å². The first-order valence-electron chi connectivity index (χ1n) is 15.0. The highest BCUT2D eigenvalue weighted by atomic mass is 16.5. The van der Waals surface area contributed by atoms with E-state index in [0.29, 0.717) is 26.2 Å². The number of Topliss-reactive ketones (excluding diaryl/α,β-unsaturated/α-hetero) is 1. The number of carbonyl (C=O) groups is 1. The molecule has 1 aromatic carbocycles. The second-order valence-electron chi connectivity index (χ2n) is 11.0. The molecule has 1 aromatic heterocycles. The van der Waals surface area contributed by atoms with Crippen LogP contribution in [0.3, 0.4) is 0 Å². The molecule has 2 aromatic rings.